The van der Waals surface area contributed by atoms with E-state index in [0.717, 1.165) is 22.6 Å². The van der Waals surface area contributed by atoms with Crippen LogP contribution < -0.4 is 20.7 Å². The molecule has 3 aromatic rings. The molecule has 0 atom stereocenters. The van der Waals surface area contributed by atoms with Crippen LogP contribution in [0.3, 0.4) is 0 Å². The maximum Gasteiger partial charge on any atom is 0.253 e. The van der Waals surface area contributed by atoms with Gasteiger partial charge in [0.1, 0.15) is 11.6 Å². The first kappa shape index (κ1) is 26.4. The number of pyridine rings is 3. The van der Waals surface area contributed by atoms with Crippen molar-refractivity contribution in [3.63, 3.8) is 0 Å². The molecule has 0 fully saturated rings. The molecule has 8 nitrogen and oxygen atoms in total. The van der Waals surface area contributed by atoms with E-state index in [1.807, 2.05) is 63.0 Å². The van der Waals surface area contributed by atoms with Crippen LogP contribution in [0.4, 0.5) is 11.6 Å². The number of aromatic nitrogens is 3. The molecule has 1 amide bonds. The molecule has 188 valence electrons. The number of nitrogens with zero attached hydrogens (tertiary/aromatic N) is 4. The molecule has 0 saturated carbocycles. The SMILES string of the molecule is C=C=Cc1c(C(=O)NCc2c(C)cc(C)[nH]c2=O)cc(-c2ccc(N(C)C)nc2)nc1N(C)C(C)C. The minimum Gasteiger partial charge on any atom is -0.363 e. The Kier molecular flexibility index (Phi) is 8.12. The zero-order valence-electron chi connectivity index (χ0n) is 22.1. The predicted octanol–water partition coefficient (Wildman–Crippen LogP) is 4.09. The number of anilines is 2. The summed E-state index contributed by atoms with van der Waals surface area (Å²) in [5.41, 5.74) is 7.13. The van der Waals surface area contributed by atoms with Crippen LogP contribution in [0.5, 0.6) is 0 Å². The average molecular weight is 487 g/mol. The van der Waals surface area contributed by atoms with E-state index >= 15 is 0 Å². The number of rotatable bonds is 8. The topological polar surface area (TPSA) is 94.2 Å². The molecule has 36 heavy (non-hydrogen) atoms. The minimum atomic E-state index is -0.323. The standard InChI is InChI=1S/C28H34N6O2/c1-9-10-21-22(27(35)30-16-23-18(4)13-19(5)31-28(23)36)14-24(32-26(21)34(8)17(2)3)20-11-12-25(29-15-20)33(6)7/h10-15,17H,1,16H2,2-8H3,(H,30,35)(H,31,36). The molecule has 0 aliphatic heterocycles. The lowest BCUT2D eigenvalue weighted by Gasteiger charge is -2.26. The molecule has 3 aromatic heterocycles. The number of aryl methyl sites for hydroxylation is 2. The summed E-state index contributed by atoms with van der Waals surface area (Å²) in [5.74, 6) is 1.13. The molecule has 3 rings (SSSR count). The van der Waals surface area contributed by atoms with Crippen molar-refractivity contribution < 1.29 is 4.79 Å². The van der Waals surface area contributed by atoms with E-state index in [-0.39, 0.29) is 24.1 Å². The summed E-state index contributed by atoms with van der Waals surface area (Å²) in [5, 5.41) is 2.92. The Balaban J connectivity index is 2.11. The van der Waals surface area contributed by atoms with Gasteiger partial charge < -0.3 is 20.1 Å². The Morgan fingerprint density at radius 2 is 1.94 bits per heavy atom. The summed E-state index contributed by atoms with van der Waals surface area (Å²) in [6, 6.07) is 7.61. The predicted molar refractivity (Wildman–Crippen MR) is 147 cm³/mol. The van der Waals surface area contributed by atoms with Gasteiger partial charge in [0.15, 0.2) is 0 Å². The Hall–Kier alpha value is -4.16. The van der Waals surface area contributed by atoms with Gasteiger partial charge in [-0.05, 0) is 63.6 Å². The number of amides is 1. The average Bonchev–Trinajstić information content (AvgIpc) is 2.83. The van der Waals surface area contributed by atoms with Crippen LogP contribution in [-0.4, -0.2) is 48.0 Å². The molecule has 0 unspecified atom stereocenters. The highest BCUT2D eigenvalue weighted by Crippen LogP contribution is 2.30. The van der Waals surface area contributed by atoms with Crippen molar-refractivity contribution in [2.75, 3.05) is 30.9 Å². The van der Waals surface area contributed by atoms with Crippen LogP contribution in [0.1, 0.15) is 46.6 Å². The number of H-pyrrole nitrogens is 1. The van der Waals surface area contributed by atoms with Crippen molar-refractivity contribution in [3.05, 3.63) is 81.1 Å². The first-order valence-electron chi connectivity index (χ1n) is 11.8. The molecule has 0 spiro atoms. The third-order valence-electron chi connectivity index (χ3n) is 6.06. The highest BCUT2D eigenvalue weighted by molar-refractivity contribution is 6.00. The Labute approximate surface area is 212 Å². The van der Waals surface area contributed by atoms with E-state index < -0.39 is 0 Å². The fourth-order valence-corrected chi connectivity index (χ4v) is 3.80. The molecule has 0 bridgehead atoms. The summed E-state index contributed by atoms with van der Waals surface area (Å²) in [7, 11) is 5.78. The van der Waals surface area contributed by atoms with Crippen molar-refractivity contribution in [1.29, 1.82) is 0 Å². The molecule has 3 heterocycles. The van der Waals surface area contributed by atoms with E-state index in [1.54, 1.807) is 18.3 Å². The fraction of sp³-hybridized carbons (Fsp3) is 0.321. The fourth-order valence-electron chi connectivity index (χ4n) is 3.80. The molecule has 0 aliphatic carbocycles. The van der Waals surface area contributed by atoms with E-state index in [0.29, 0.717) is 28.2 Å². The van der Waals surface area contributed by atoms with E-state index in [2.05, 4.69) is 41.4 Å². The Morgan fingerprint density at radius 3 is 2.50 bits per heavy atom. The van der Waals surface area contributed by atoms with Gasteiger partial charge >= 0.3 is 0 Å². The number of carbonyl (C=O) groups excluding carboxylic acids is 1. The quantitative estimate of drug-likeness (QED) is 0.466. The second-order valence-electron chi connectivity index (χ2n) is 9.27. The van der Waals surface area contributed by atoms with Crippen LogP contribution in [0.15, 0.2) is 47.6 Å². The number of aromatic amines is 1. The van der Waals surface area contributed by atoms with Gasteiger partial charge in [-0.1, -0.05) is 6.58 Å². The molecule has 0 radical (unpaired) electrons. The zero-order valence-corrected chi connectivity index (χ0v) is 22.1. The lowest BCUT2D eigenvalue weighted by molar-refractivity contribution is 0.0950. The third kappa shape index (κ3) is 5.73. The van der Waals surface area contributed by atoms with Crippen molar-refractivity contribution >= 4 is 23.6 Å². The number of carbonyl (C=O) groups is 1. The summed E-state index contributed by atoms with van der Waals surface area (Å²) in [6.07, 6.45) is 3.41. The molecule has 0 aromatic carbocycles. The number of hydrogen-bond acceptors (Lipinski definition) is 6. The number of hydrogen-bond donors (Lipinski definition) is 2. The zero-order chi connectivity index (χ0) is 26.6. The van der Waals surface area contributed by atoms with Crippen molar-refractivity contribution in [3.8, 4) is 11.3 Å². The van der Waals surface area contributed by atoms with Gasteiger partial charge in [-0.15, -0.1) is 5.73 Å². The van der Waals surface area contributed by atoms with Gasteiger partial charge in [0.05, 0.1) is 11.3 Å². The summed E-state index contributed by atoms with van der Waals surface area (Å²) in [6.45, 7) is 11.6. The van der Waals surface area contributed by atoms with E-state index in [9.17, 15) is 9.59 Å². The van der Waals surface area contributed by atoms with Crippen molar-refractivity contribution in [2.45, 2.75) is 40.3 Å². The van der Waals surface area contributed by atoms with Gasteiger partial charge in [-0.2, -0.15) is 0 Å². The van der Waals surface area contributed by atoms with Crippen LogP contribution >= 0.6 is 0 Å². The number of nitrogens with one attached hydrogen (secondary N) is 2. The Bertz CT molecular complexity index is 1370. The van der Waals surface area contributed by atoms with Crippen LogP contribution in [0.25, 0.3) is 17.3 Å². The highest BCUT2D eigenvalue weighted by atomic mass is 16.1. The first-order valence-corrected chi connectivity index (χ1v) is 11.8. The second kappa shape index (κ2) is 11.1. The van der Waals surface area contributed by atoms with Crippen LogP contribution in [0.2, 0.25) is 0 Å². The van der Waals surface area contributed by atoms with Gasteiger partial charge in [0.25, 0.3) is 11.5 Å². The molecular weight excluding hydrogens is 452 g/mol. The normalized spacial score (nSPS) is 10.7. The maximum absolute atomic E-state index is 13.5. The van der Waals surface area contributed by atoms with Gasteiger partial charge in [-0.3, -0.25) is 9.59 Å². The lowest BCUT2D eigenvalue weighted by atomic mass is 10.0. The lowest BCUT2D eigenvalue weighted by Crippen LogP contribution is -2.31. The van der Waals surface area contributed by atoms with Crippen LogP contribution in [0, 0.1) is 13.8 Å². The largest absolute Gasteiger partial charge is 0.363 e. The summed E-state index contributed by atoms with van der Waals surface area (Å²) in [4.78, 5) is 42.1. The van der Waals surface area contributed by atoms with Gasteiger partial charge in [-0.25, -0.2) is 9.97 Å². The molecular formula is C28H34N6O2. The summed E-state index contributed by atoms with van der Waals surface area (Å²) < 4.78 is 0. The Morgan fingerprint density at radius 1 is 1.22 bits per heavy atom. The highest BCUT2D eigenvalue weighted by Gasteiger charge is 2.21. The van der Waals surface area contributed by atoms with Gasteiger partial charge in [0, 0.05) is 62.3 Å². The maximum atomic E-state index is 13.5. The van der Waals surface area contributed by atoms with Crippen molar-refractivity contribution in [2.24, 2.45) is 0 Å². The molecule has 0 saturated heterocycles. The first-order chi connectivity index (χ1) is 17.0. The third-order valence-corrected chi connectivity index (χ3v) is 6.06. The smallest absolute Gasteiger partial charge is 0.253 e. The van der Waals surface area contributed by atoms with Gasteiger partial charge in [0.2, 0.25) is 0 Å². The summed E-state index contributed by atoms with van der Waals surface area (Å²) >= 11 is 0. The van der Waals surface area contributed by atoms with Crippen LogP contribution in [-0.2, 0) is 6.54 Å². The van der Waals surface area contributed by atoms with Crippen molar-refractivity contribution in [1.82, 2.24) is 20.3 Å². The minimum absolute atomic E-state index is 0.101. The molecule has 8 heteroatoms. The molecule has 0 aliphatic rings. The second-order valence-corrected chi connectivity index (χ2v) is 9.27. The molecule has 2 N–H and O–H groups in total. The van der Waals surface area contributed by atoms with E-state index in [1.165, 1.54) is 0 Å². The van der Waals surface area contributed by atoms with E-state index in [4.69, 9.17) is 4.98 Å². The monoisotopic (exact) mass is 486 g/mol.